The number of carbonyl (C=O) groups excluding carboxylic acids is 1. The molecule has 7 nitrogen and oxygen atoms in total. The van der Waals surface area contributed by atoms with E-state index in [2.05, 4.69) is 25.9 Å². The van der Waals surface area contributed by atoms with E-state index in [-0.39, 0.29) is 12.1 Å². The van der Waals surface area contributed by atoms with E-state index in [9.17, 15) is 4.79 Å². The molecule has 0 fully saturated rings. The maximum Gasteiger partial charge on any atom is 0.319 e. The van der Waals surface area contributed by atoms with Gasteiger partial charge in [0, 0.05) is 24.6 Å². The van der Waals surface area contributed by atoms with Crippen LogP contribution in [0.3, 0.4) is 0 Å². The topological polar surface area (TPSA) is 87.6 Å². The Morgan fingerprint density at radius 3 is 3.18 bits per heavy atom. The lowest BCUT2D eigenvalue weighted by Gasteiger charge is -2.13. The van der Waals surface area contributed by atoms with Gasteiger partial charge in [0.15, 0.2) is 0 Å². The summed E-state index contributed by atoms with van der Waals surface area (Å²) in [6, 6.07) is 1.57. The highest BCUT2D eigenvalue weighted by Gasteiger charge is 2.08. The predicted octanol–water partition coefficient (Wildman–Crippen LogP) is 0.816. The van der Waals surface area contributed by atoms with Crippen LogP contribution in [-0.4, -0.2) is 32.1 Å². The zero-order valence-corrected chi connectivity index (χ0v) is 9.42. The van der Waals surface area contributed by atoms with Gasteiger partial charge < -0.3 is 10.6 Å². The van der Waals surface area contributed by atoms with Gasteiger partial charge in [-0.25, -0.2) is 4.79 Å². The highest BCUT2D eigenvalue weighted by Crippen LogP contribution is 2.00. The summed E-state index contributed by atoms with van der Waals surface area (Å²) in [6.45, 7) is 2.54. The maximum atomic E-state index is 11.6. The minimum absolute atomic E-state index is 0.0122. The zero-order chi connectivity index (χ0) is 12.1. The number of hydrogen-bond donors (Lipinski definition) is 3. The molecule has 90 valence electrons. The highest BCUT2D eigenvalue weighted by atomic mass is 16.2. The van der Waals surface area contributed by atoms with E-state index in [4.69, 9.17) is 0 Å². The van der Waals surface area contributed by atoms with E-state index in [0.29, 0.717) is 12.2 Å². The average Bonchev–Trinajstić information content (AvgIpc) is 2.90. The van der Waals surface area contributed by atoms with Crippen molar-refractivity contribution >= 4 is 11.7 Å². The second kappa shape index (κ2) is 5.15. The van der Waals surface area contributed by atoms with Crippen LogP contribution in [0.15, 0.2) is 30.9 Å². The maximum absolute atomic E-state index is 11.6. The van der Waals surface area contributed by atoms with Crippen LogP contribution >= 0.6 is 0 Å². The Morgan fingerprint density at radius 1 is 1.65 bits per heavy atom. The molecule has 3 N–H and O–H groups in total. The van der Waals surface area contributed by atoms with Crippen LogP contribution in [0, 0.1) is 0 Å². The van der Waals surface area contributed by atoms with E-state index >= 15 is 0 Å². The summed E-state index contributed by atoms with van der Waals surface area (Å²) in [7, 11) is 0. The number of nitrogens with one attached hydrogen (secondary N) is 3. The Morgan fingerprint density at radius 2 is 2.53 bits per heavy atom. The number of carbonyl (C=O) groups is 1. The van der Waals surface area contributed by atoms with Crippen molar-refractivity contribution in [2.75, 3.05) is 5.32 Å². The Kier molecular flexibility index (Phi) is 3.39. The first-order valence-electron chi connectivity index (χ1n) is 5.28. The van der Waals surface area contributed by atoms with E-state index in [1.54, 1.807) is 17.1 Å². The molecule has 0 saturated carbocycles. The van der Waals surface area contributed by atoms with Crippen LogP contribution in [0.1, 0.15) is 6.92 Å². The first-order valence-corrected chi connectivity index (χ1v) is 5.28. The van der Waals surface area contributed by atoms with Gasteiger partial charge in [0.25, 0.3) is 0 Å². The van der Waals surface area contributed by atoms with Crippen LogP contribution in [0.5, 0.6) is 0 Å². The average molecular weight is 234 g/mol. The van der Waals surface area contributed by atoms with Crippen LogP contribution in [0.2, 0.25) is 0 Å². The molecule has 0 saturated heterocycles. The third kappa shape index (κ3) is 3.33. The summed E-state index contributed by atoms with van der Waals surface area (Å²) in [5.74, 6) is 0. The Labute approximate surface area is 98.2 Å². The summed E-state index contributed by atoms with van der Waals surface area (Å²) >= 11 is 0. The molecule has 17 heavy (non-hydrogen) atoms. The molecule has 2 heterocycles. The number of nitrogens with zero attached hydrogens (tertiary/aromatic N) is 3. The van der Waals surface area contributed by atoms with Gasteiger partial charge in [0.05, 0.1) is 18.4 Å². The van der Waals surface area contributed by atoms with Crippen molar-refractivity contribution in [2.45, 2.75) is 19.5 Å². The van der Waals surface area contributed by atoms with Crippen molar-refractivity contribution < 1.29 is 4.79 Å². The molecule has 1 atom stereocenters. The minimum Gasteiger partial charge on any atom is -0.334 e. The lowest BCUT2D eigenvalue weighted by Crippen LogP contribution is -2.38. The zero-order valence-electron chi connectivity index (χ0n) is 9.42. The van der Waals surface area contributed by atoms with Crippen LogP contribution in [0.25, 0.3) is 0 Å². The molecule has 0 bridgehead atoms. The van der Waals surface area contributed by atoms with Gasteiger partial charge in [0.2, 0.25) is 0 Å². The third-order valence-electron chi connectivity index (χ3n) is 2.15. The molecular weight excluding hydrogens is 220 g/mol. The lowest BCUT2D eigenvalue weighted by molar-refractivity contribution is 0.247. The number of rotatable bonds is 4. The summed E-state index contributed by atoms with van der Waals surface area (Å²) in [4.78, 5) is 11.6. The lowest BCUT2D eigenvalue weighted by atomic mass is 10.3. The van der Waals surface area contributed by atoms with Crippen molar-refractivity contribution in [2.24, 2.45) is 0 Å². The van der Waals surface area contributed by atoms with Crippen molar-refractivity contribution in [1.29, 1.82) is 0 Å². The predicted molar refractivity (Wildman–Crippen MR) is 62.4 cm³/mol. The fraction of sp³-hybridized carbons (Fsp3) is 0.300. The van der Waals surface area contributed by atoms with Gasteiger partial charge in [-0.05, 0) is 13.0 Å². The Bertz CT molecular complexity index is 449. The van der Waals surface area contributed by atoms with Gasteiger partial charge in [0.1, 0.15) is 0 Å². The van der Waals surface area contributed by atoms with E-state index < -0.39 is 0 Å². The van der Waals surface area contributed by atoms with Crippen molar-refractivity contribution in [1.82, 2.24) is 25.3 Å². The van der Waals surface area contributed by atoms with Crippen LogP contribution < -0.4 is 10.6 Å². The monoisotopic (exact) mass is 234 g/mol. The first-order chi connectivity index (χ1) is 8.24. The van der Waals surface area contributed by atoms with Gasteiger partial charge in [-0.15, -0.1) is 0 Å². The van der Waals surface area contributed by atoms with Gasteiger partial charge in [-0.2, -0.15) is 10.2 Å². The molecule has 0 spiro atoms. The van der Waals surface area contributed by atoms with Gasteiger partial charge >= 0.3 is 6.03 Å². The van der Waals surface area contributed by atoms with Crippen molar-refractivity contribution in [3.05, 3.63) is 30.9 Å². The second-order valence-corrected chi connectivity index (χ2v) is 3.71. The molecular formula is C10H14N6O. The molecule has 0 unspecified atom stereocenters. The first kappa shape index (κ1) is 11.2. The van der Waals surface area contributed by atoms with Crippen molar-refractivity contribution in [3.8, 4) is 0 Å². The number of aromatic nitrogens is 4. The molecule has 0 aliphatic carbocycles. The van der Waals surface area contributed by atoms with E-state index in [0.717, 1.165) is 0 Å². The quantitative estimate of drug-likeness (QED) is 0.731. The molecule has 0 aromatic carbocycles. The van der Waals surface area contributed by atoms with Crippen LogP contribution in [-0.2, 0) is 6.54 Å². The van der Waals surface area contributed by atoms with E-state index in [1.807, 2.05) is 19.2 Å². The SMILES string of the molecule is C[C@@H](Cn1cccn1)NC(=O)Nc1cn[nH]c1. The summed E-state index contributed by atoms with van der Waals surface area (Å²) < 4.78 is 1.77. The van der Waals surface area contributed by atoms with E-state index in [1.165, 1.54) is 6.20 Å². The molecule has 2 amide bonds. The number of hydrogen-bond acceptors (Lipinski definition) is 3. The Balaban J connectivity index is 1.78. The summed E-state index contributed by atoms with van der Waals surface area (Å²) in [5, 5.41) is 15.9. The number of urea groups is 1. The molecule has 2 aromatic rings. The fourth-order valence-corrected chi connectivity index (χ4v) is 1.44. The molecule has 7 heteroatoms. The standard InChI is InChI=1S/C10H14N6O/c1-8(7-16-4-2-3-13-16)14-10(17)15-9-5-11-12-6-9/h2-6,8H,7H2,1H3,(H,11,12)(H2,14,15,17)/t8-/m0/s1. The van der Waals surface area contributed by atoms with Gasteiger partial charge in [-0.1, -0.05) is 0 Å². The van der Waals surface area contributed by atoms with Crippen molar-refractivity contribution in [3.63, 3.8) is 0 Å². The van der Waals surface area contributed by atoms with Crippen LogP contribution in [0.4, 0.5) is 10.5 Å². The summed E-state index contributed by atoms with van der Waals surface area (Å²) in [6.07, 6.45) is 6.71. The number of H-pyrrole nitrogens is 1. The normalized spacial score (nSPS) is 12.1. The highest BCUT2D eigenvalue weighted by molar-refractivity contribution is 5.88. The second-order valence-electron chi connectivity index (χ2n) is 3.71. The van der Waals surface area contributed by atoms with Gasteiger partial charge in [-0.3, -0.25) is 9.78 Å². The molecule has 0 aliphatic rings. The molecule has 2 aromatic heterocycles. The third-order valence-corrected chi connectivity index (χ3v) is 2.15. The Hall–Kier alpha value is -2.31. The molecule has 2 rings (SSSR count). The number of aromatic amines is 1. The fourth-order valence-electron chi connectivity index (χ4n) is 1.44. The number of amides is 2. The number of anilines is 1. The summed E-state index contributed by atoms with van der Waals surface area (Å²) in [5.41, 5.74) is 0.633. The largest absolute Gasteiger partial charge is 0.334 e. The molecule has 0 radical (unpaired) electrons. The minimum atomic E-state index is -0.258. The smallest absolute Gasteiger partial charge is 0.319 e. The molecule has 0 aliphatic heterocycles.